The van der Waals surface area contributed by atoms with Crippen molar-refractivity contribution in [1.29, 1.82) is 0 Å². The molecule has 0 spiro atoms. The predicted octanol–water partition coefficient (Wildman–Crippen LogP) is 4.04. The Labute approximate surface area is 142 Å². The van der Waals surface area contributed by atoms with Crippen molar-refractivity contribution in [2.24, 2.45) is 7.05 Å². The highest BCUT2D eigenvalue weighted by molar-refractivity contribution is 9.11. The number of rotatable bonds is 6. The van der Waals surface area contributed by atoms with Gasteiger partial charge in [-0.05, 0) is 30.7 Å². The lowest BCUT2D eigenvalue weighted by molar-refractivity contribution is 0.400. The molecule has 1 unspecified atom stereocenters. The van der Waals surface area contributed by atoms with E-state index in [2.05, 4.69) is 61.3 Å². The summed E-state index contributed by atoms with van der Waals surface area (Å²) in [7, 11) is 3.61. The van der Waals surface area contributed by atoms with Gasteiger partial charge in [0.15, 0.2) is 5.75 Å². The van der Waals surface area contributed by atoms with E-state index in [1.54, 1.807) is 13.3 Å². The number of aromatic nitrogens is 2. The Kier molecular flexibility index (Phi) is 5.84. The summed E-state index contributed by atoms with van der Waals surface area (Å²) >= 11 is 7.15. The van der Waals surface area contributed by atoms with Gasteiger partial charge >= 0.3 is 0 Å². The van der Waals surface area contributed by atoms with Crippen LogP contribution in [0.3, 0.4) is 0 Å². The lowest BCUT2D eigenvalue weighted by Gasteiger charge is -2.22. The molecule has 0 aliphatic rings. The van der Waals surface area contributed by atoms with Gasteiger partial charge in [-0.3, -0.25) is 4.68 Å². The Balaban J connectivity index is 2.49. The van der Waals surface area contributed by atoms with E-state index in [9.17, 15) is 0 Å². The number of nitrogens with one attached hydrogen (secondary N) is 1. The Morgan fingerprint density at radius 2 is 2.14 bits per heavy atom. The maximum atomic E-state index is 5.46. The first-order chi connectivity index (χ1) is 10.1. The molecule has 0 radical (unpaired) electrons. The smallest absolute Gasteiger partial charge is 0.161 e. The van der Waals surface area contributed by atoms with Crippen LogP contribution in [-0.2, 0) is 7.05 Å². The van der Waals surface area contributed by atoms with E-state index in [0.717, 1.165) is 38.9 Å². The third kappa shape index (κ3) is 3.67. The number of methoxy groups -OCH3 is 1. The van der Waals surface area contributed by atoms with Crippen LogP contribution in [0.1, 0.15) is 30.6 Å². The Hall–Kier alpha value is -0.850. The van der Waals surface area contributed by atoms with Crippen molar-refractivity contribution >= 4 is 31.9 Å². The minimum Gasteiger partial charge on any atom is -0.493 e. The predicted molar refractivity (Wildman–Crippen MR) is 91.7 cm³/mol. The fourth-order valence-corrected chi connectivity index (χ4v) is 3.57. The topological polar surface area (TPSA) is 39.1 Å². The van der Waals surface area contributed by atoms with Crippen molar-refractivity contribution in [3.8, 4) is 5.75 Å². The summed E-state index contributed by atoms with van der Waals surface area (Å²) in [6.45, 7) is 3.07. The number of halogens is 2. The first-order valence-corrected chi connectivity index (χ1v) is 8.41. The van der Waals surface area contributed by atoms with Gasteiger partial charge in [-0.1, -0.05) is 44.8 Å². The monoisotopic (exact) mass is 415 g/mol. The summed E-state index contributed by atoms with van der Waals surface area (Å²) < 4.78 is 9.42. The van der Waals surface area contributed by atoms with E-state index in [1.165, 1.54) is 0 Å². The number of hydrogen-bond acceptors (Lipinski definition) is 3. The number of nitrogens with zero attached hydrogens (tertiary/aromatic N) is 2. The maximum Gasteiger partial charge on any atom is 0.161 e. The minimum absolute atomic E-state index is 0.0230. The van der Waals surface area contributed by atoms with Gasteiger partial charge < -0.3 is 10.1 Å². The quantitative estimate of drug-likeness (QED) is 0.772. The zero-order valence-electron chi connectivity index (χ0n) is 12.4. The van der Waals surface area contributed by atoms with Crippen LogP contribution in [0.15, 0.2) is 33.3 Å². The molecule has 0 bridgehead atoms. The fourth-order valence-electron chi connectivity index (χ4n) is 2.29. The second-order valence-corrected chi connectivity index (χ2v) is 6.54. The van der Waals surface area contributed by atoms with E-state index in [4.69, 9.17) is 4.74 Å². The summed E-state index contributed by atoms with van der Waals surface area (Å²) in [5.74, 6) is 0.793. The van der Waals surface area contributed by atoms with Crippen LogP contribution in [0.4, 0.5) is 0 Å². The highest BCUT2D eigenvalue weighted by atomic mass is 79.9. The second kappa shape index (κ2) is 7.42. The van der Waals surface area contributed by atoms with Crippen molar-refractivity contribution in [1.82, 2.24) is 15.1 Å². The summed E-state index contributed by atoms with van der Waals surface area (Å²) in [5.41, 5.74) is 2.18. The molecule has 1 heterocycles. The molecule has 2 rings (SSSR count). The van der Waals surface area contributed by atoms with Gasteiger partial charge in [0, 0.05) is 16.0 Å². The van der Waals surface area contributed by atoms with Crippen molar-refractivity contribution in [2.45, 2.75) is 19.4 Å². The maximum absolute atomic E-state index is 5.46. The first kappa shape index (κ1) is 16.5. The molecule has 0 amide bonds. The van der Waals surface area contributed by atoms with E-state index < -0.39 is 0 Å². The Morgan fingerprint density at radius 3 is 2.76 bits per heavy atom. The molecule has 2 aromatic rings. The van der Waals surface area contributed by atoms with E-state index >= 15 is 0 Å². The third-order valence-corrected chi connectivity index (χ3v) is 4.49. The van der Waals surface area contributed by atoms with Crippen molar-refractivity contribution in [3.63, 3.8) is 0 Å². The molecular weight excluding hydrogens is 398 g/mol. The summed E-state index contributed by atoms with van der Waals surface area (Å²) in [6, 6.07) is 6.23. The summed E-state index contributed by atoms with van der Waals surface area (Å²) in [6.07, 6.45) is 2.81. The van der Waals surface area contributed by atoms with Crippen molar-refractivity contribution in [3.05, 3.63) is 44.6 Å². The largest absolute Gasteiger partial charge is 0.493 e. The normalized spacial score (nSPS) is 12.4. The molecule has 1 aromatic carbocycles. The van der Waals surface area contributed by atoms with Gasteiger partial charge in [0.1, 0.15) is 5.69 Å². The van der Waals surface area contributed by atoms with Crippen LogP contribution in [0.5, 0.6) is 5.75 Å². The van der Waals surface area contributed by atoms with Gasteiger partial charge in [-0.25, -0.2) is 0 Å². The first-order valence-electron chi connectivity index (χ1n) is 6.82. The van der Waals surface area contributed by atoms with Crippen LogP contribution in [-0.4, -0.2) is 23.4 Å². The van der Waals surface area contributed by atoms with Crippen molar-refractivity contribution < 1.29 is 4.74 Å². The van der Waals surface area contributed by atoms with E-state index in [-0.39, 0.29) is 6.04 Å². The Bertz CT molecular complexity index is 613. The molecule has 6 heteroatoms. The molecule has 1 atom stereocenters. The van der Waals surface area contributed by atoms with Gasteiger partial charge in [-0.15, -0.1) is 0 Å². The Morgan fingerprint density at radius 1 is 1.38 bits per heavy atom. The molecule has 0 saturated carbocycles. The van der Waals surface area contributed by atoms with Crippen molar-refractivity contribution in [2.75, 3.05) is 13.7 Å². The van der Waals surface area contributed by atoms with Gasteiger partial charge in [0.25, 0.3) is 0 Å². The third-order valence-electron chi connectivity index (χ3n) is 3.31. The van der Waals surface area contributed by atoms with Gasteiger partial charge in [0.2, 0.25) is 0 Å². The molecule has 4 nitrogen and oxygen atoms in total. The standard InChI is InChI=1S/C15H19Br2N3O/c1-4-7-18-14(11-6-5-10(16)8-12(11)17)15-13(21-3)9-19-20(15)2/h5-6,8-9,14,18H,4,7H2,1-3H3. The van der Waals surface area contributed by atoms with E-state index in [1.807, 2.05) is 17.8 Å². The number of hydrogen-bond donors (Lipinski definition) is 1. The molecule has 21 heavy (non-hydrogen) atoms. The molecule has 0 saturated heterocycles. The number of aryl methyl sites for hydroxylation is 1. The SMILES string of the molecule is CCCNC(c1ccc(Br)cc1Br)c1c(OC)cnn1C. The highest BCUT2D eigenvalue weighted by Gasteiger charge is 2.23. The van der Waals surface area contributed by atoms with E-state index in [0.29, 0.717) is 0 Å². The number of ether oxygens (including phenoxy) is 1. The average molecular weight is 417 g/mol. The highest BCUT2D eigenvalue weighted by Crippen LogP contribution is 2.34. The zero-order valence-corrected chi connectivity index (χ0v) is 15.5. The van der Waals surface area contributed by atoms with Gasteiger partial charge in [0.05, 0.1) is 19.3 Å². The fraction of sp³-hybridized carbons (Fsp3) is 0.400. The molecule has 0 fully saturated rings. The number of benzene rings is 1. The van der Waals surface area contributed by atoms with Crippen LogP contribution in [0, 0.1) is 0 Å². The molecule has 0 aliphatic carbocycles. The van der Waals surface area contributed by atoms with Crippen LogP contribution in [0.2, 0.25) is 0 Å². The molecule has 1 aromatic heterocycles. The summed E-state index contributed by atoms with van der Waals surface area (Å²) in [4.78, 5) is 0. The molecule has 1 N–H and O–H groups in total. The lowest BCUT2D eigenvalue weighted by atomic mass is 10.0. The zero-order chi connectivity index (χ0) is 15.4. The summed E-state index contributed by atoms with van der Waals surface area (Å²) in [5, 5.41) is 7.89. The van der Waals surface area contributed by atoms with Gasteiger partial charge in [-0.2, -0.15) is 5.10 Å². The molecule has 0 aliphatic heterocycles. The average Bonchev–Trinajstić information content (AvgIpc) is 2.82. The van der Waals surface area contributed by atoms with Crippen LogP contribution < -0.4 is 10.1 Å². The second-order valence-electron chi connectivity index (χ2n) is 4.77. The molecular formula is C15H19Br2N3O. The molecule has 114 valence electrons. The lowest BCUT2D eigenvalue weighted by Crippen LogP contribution is -2.26. The minimum atomic E-state index is 0.0230. The van der Waals surface area contributed by atoms with Crippen LogP contribution >= 0.6 is 31.9 Å². The van der Waals surface area contributed by atoms with Crippen LogP contribution in [0.25, 0.3) is 0 Å².